The van der Waals surface area contributed by atoms with E-state index in [-0.39, 0.29) is 11.9 Å². The van der Waals surface area contributed by atoms with Gasteiger partial charge in [0.05, 0.1) is 13.7 Å². The van der Waals surface area contributed by atoms with Gasteiger partial charge < -0.3 is 14.8 Å². The number of methoxy groups -OCH3 is 1. The van der Waals surface area contributed by atoms with Gasteiger partial charge in [-0.1, -0.05) is 12.1 Å². The molecule has 1 saturated heterocycles. The van der Waals surface area contributed by atoms with Crippen LogP contribution >= 0.6 is 0 Å². The first-order valence-corrected chi connectivity index (χ1v) is 5.98. The molecule has 1 aliphatic rings. The number of nitrogens with one attached hydrogen (secondary N) is 1. The quantitative estimate of drug-likeness (QED) is 0.652. The second-order valence-corrected chi connectivity index (χ2v) is 4.13. The normalized spacial score (nSPS) is 18.4. The zero-order chi connectivity index (χ0) is 13.7. The zero-order valence-electron chi connectivity index (χ0n) is 10.6. The molecule has 1 aromatic carbocycles. The summed E-state index contributed by atoms with van der Waals surface area (Å²) in [6.07, 6.45) is 3.58. The Hall–Kier alpha value is -2.30. The summed E-state index contributed by atoms with van der Waals surface area (Å²) in [5.41, 5.74) is 0.850. The Morgan fingerprint density at radius 1 is 1.53 bits per heavy atom. The number of carbonyl (C=O) groups excluding carboxylic acids is 2. The average molecular weight is 261 g/mol. The van der Waals surface area contributed by atoms with E-state index in [0.717, 1.165) is 11.3 Å². The van der Waals surface area contributed by atoms with Crippen molar-refractivity contribution in [2.45, 2.75) is 12.5 Å². The van der Waals surface area contributed by atoms with Crippen molar-refractivity contribution in [3.8, 4) is 5.75 Å². The number of rotatable bonds is 4. The highest BCUT2D eigenvalue weighted by Gasteiger charge is 2.27. The standard InChI is InChI=1S/C14H15NO4/c1-18-11-4-2-3-10(9-11)5-6-13(16)15-12-7-8-19-14(12)17/h2-6,9,12H,7-8H2,1H3,(H,15,16)/b6-5+/t12-/m0/s1. The van der Waals surface area contributed by atoms with Crippen molar-refractivity contribution in [3.63, 3.8) is 0 Å². The summed E-state index contributed by atoms with van der Waals surface area (Å²) in [7, 11) is 1.58. The molecule has 0 spiro atoms. The predicted octanol–water partition coefficient (Wildman–Crippen LogP) is 1.14. The average Bonchev–Trinajstić information content (AvgIpc) is 2.82. The molecule has 1 amide bonds. The van der Waals surface area contributed by atoms with E-state index in [1.807, 2.05) is 24.3 Å². The van der Waals surface area contributed by atoms with Gasteiger partial charge in [-0.3, -0.25) is 4.79 Å². The molecule has 5 heteroatoms. The van der Waals surface area contributed by atoms with Crippen molar-refractivity contribution < 1.29 is 19.1 Å². The topological polar surface area (TPSA) is 64.6 Å². The lowest BCUT2D eigenvalue weighted by atomic mass is 10.2. The number of benzene rings is 1. The lowest BCUT2D eigenvalue weighted by Gasteiger charge is -2.05. The first-order chi connectivity index (χ1) is 9.19. The summed E-state index contributed by atoms with van der Waals surface area (Å²) >= 11 is 0. The molecule has 1 atom stereocenters. The van der Waals surface area contributed by atoms with Crippen LogP contribution in [0.25, 0.3) is 6.08 Å². The molecule has 0 aliphatic carbocycles. The van der Waals surface area contributed by atoms with Gasteiger partial charge in [0.2, 0.25) is 5.91 Å². The van der Waals surface area contributed by atoms with E-state index < -0.39 is 6.04 Å². The molecule has 1 N–H and O–H groups in total. The van der Waals surface area contributed by atoms with Crippen LogP contribution in [0.5, 0.6) is 5.75 Å². The van der Waals surface area contributed by atoms with Crippen LogP contribution in [-0.2, 0) is 14.3 Å². The Labute approximate surface area is 111 Å². The second kappa shape index (κ2) is 6.04. The molecule has 1 fully saturated rings. The Morgan fingerprint density at radius 3 is 3.05 bits per heavy atom. The Balaban J connectivity index is 1.93. The molecule has 0 saturated carbocycles. The van der Waals surface area contributed by atoms with E-state index in [0.29, 0.717) is 13.0 Å². The molecular weight excluding hydrogens is 246 g/mol. The van der Waals surface area contributed by atoms with E-state index in [9.17, 15) is 9.59 Å². The third-order valence-electron chi connectivity index (χ3n) is 2.77. The van der Waals surface area contributed by atoms with Gasteiger partial charge in [0.25, 0.3) is 0 Å². The van der Waals surface area contributed by atoms with Crippen LogP contribution in [0.3, 0.4) is 0 Å². The van der Waals surface area contributed by atoms with Gasteiger partial charge in [-0.2, -0.15) is 0 Å². The first kappa shape index (κ1) is 13.1. The minimum absolute atomic E-state index is 0.313. The predicted molar refractivity (Wildman–Crippen MR) is 69.5 cm³/mol. The SMILES string of the molecule is COc1cccc(/C=C/C(=O)N[C@H]2CCOC2=O)c1. The van der Waals surface area contributed by atoms with Gasteiger partial charge in [0.15, 0.2) is 0 Å². The summed E-state index contributed by atoms with van der Waals surface area (Å²) in [6.45, 7) is 0.364. The lowest BCUT2D eigenvalue weighted by molar-refractivity contribution is -0.140. The lowest BCUT2D eigenvalue weighted by Crippen LogP contribution is -2.36. The Kier molecular flexibility index (Phi) is 4.18. The molecule has 0 aromatic heterocycles. The Morgan fingerprint density at radius 2 is 2.37 bits per heavy atom. The maximum atomic E-state index is 11.6. The molecule has 5 nitrogen and oxygen atoms in total. The van der Waals surface area contributed by atoms with E-state index in [1.165, 1.54) is 6.08 Å². The van der Waals surface area contributed by atoms with E-state index in [4.69, 9.17) is 9.47 Å². The van der Waals surface area contributed by atoms with Crippen molar-refractivity contribution in [2.75, 3.05) is 13.7 Å². The molecule has 1 aliphatic heterocycles. The Bertz CT molecular complexity index is 510. The van der Waals surface area contributed by atoms with Crippen molar-refractivity contribution in [1.82, 2.24) is 5.32 Å². The zero-order valence-corrected chi connectivity index (χ0v) is 10.6. The van der Waals surface area contributed by atoms with Crippen LogP contribution in [-0.4, -0.2) is 31.6 Å². The number of hydrogen-bond acceptors (Lipinski definition) is 4. The van der Waals surface area contributed by atoms with Gasteiger partial charge in [-0.05, 0) is 23.8 Å². The molecule has 1 aromatic rings. The van der Waals surface area contributed by atoms with Crippen molar-refractivity contribution in [1.29, 1.82) is 0 Å². The maximum Gasteiger partial charge on any atom is 0.328 e. The number of carbonyl (C=O) groups is 2. The van der Waals surface area contributed by atoms with Crippen LogP contribution in [0.2, 0.25) is 0 Å². The highest BCUT2D eigenvalue weighted by atomic mass is 16.5. The maximum absolute atomic E-state index is 11.6. The van der Waals surface area contributed by atoms with Gasteiger partial charge in [0.1, 0.15) is 11.8 Å². The van der Waals surface area contributed by atoms with Gasteiger partial charge >= 0.3 is 5.97 Å². The fraction of sp³-hybridized carbons (Fsp3) is 0.286. The smallest absolute Gasteiger partial charge is 0.328 e. The van der Waals surface area contributed by atoms with Gasteiger partial charge in [-0.15, -0.1) is 0 Å². The number of esters is 1. The molecule has 0 unspecified atom stereocenters. The molecule has 0 bridgehead atoms. The van der Waals surface area contributed by atoms with Gasteiger partial charge in [-0.25, -0.2) is 4.79 Å². The van der Waals surface area contributed by atoms with Crippen molar-refractivity contribution in [3.05, 3.63) is 35.9 Å². The summed E-state index contributed by atoms with van der Waals surface area (Å²) in [4.78, 5) is 22.8. The minimum atomic E-state index is -0.526. The summed E-state index contributed by atoms with van der Waals surface area (Å²) in [5, 5.41) is 2.60. The molecule has 100 valence electrons. The number of hydrogen-bond donors (Lipinski definition) is 1. The highest BCUT2D eigenvalue weighted by molar-refractivity contribution is 5.94. The van der Waals surface area contributed by atoms with Crippen LogP contribution in [0.4, 0.5) is 0 Å². The summed E-state index contributed by atoms with van der Waals surface area (Å²) < 4.78 is 9.85. The fourth-order valence-corrected chi connectivity index (χ4v) is 1.76. The minimum Gasteiger partial charge on any atom is -0.497 e. The first-order valence-electron chi connectivity index (χ1n) is 5.98. The fourth-order valence-electron chi connectivity index (χ4n) is 1.76. The number of cyclic esters (lactones) is 1. The van der Waals surface area contributed by atoms with E-state index in [1.54, 1.807) is 13.2 Å². The van der Waals surface area contributed by atoms with Crippen molar-refractivity contribution in [2.24, 2.45) is 0 Å². The number of amides is 1. The third kappa shape index (κ3) is 3.58. The summed E-state index contributed by atoms with van der Waals surface area (Å²) in [6, 6.07) is 6.81. The summed E-state index contributed by atoms with van der Waals surface area (Å²) in [5.74, 6) is 0.0386. The largest absolute Gasteiger partial charge is 0.497 e. The van der Waals surface area contributed by atoms with Crippen molar-refractivity contribution >= 4 is 18.0 Å². The monoisotopic (exact) mass is 261 g/mol. The third-order valence-corrected chi connectivity index (χ3v) is 2.77. The van der Waals surface area contributed by atoms with Crippen LogP contribution in [0.1, 0.15) is 12.0 Å². The highest BCUT2D eigenvalue weighted by Crippen LogP contribution is 2.13. The van der Waals surface area contributed by atoms with Crippen LogP contribution < -0.4 is 10.1 Å². The van der Waals surface area contributed by atoms with Gasteiger partial charge in [0, 0.05) is 12.5 Å². The molecule has 19 heavy (non-hydrogen) atoms. The molecule has 1 heterocycles. The molecule has 0 radical (unpaired) electrons. The van der Waals surface area contributed by atoms with Crippen LogP contribution in [0, 0.1) is 0 Å². The van der Waals surface area contributed by atoms with E-state index >= 15 is 0 Å². The van der Waals surface area contributed by atoms with E-state index in [2.05, 4.69) is 5.32 Å². The number of ether oxygens (including phenoxy) is 2. The second-order valence-electron chi connectivity index (χ2n) is 4.13. The van der Waals surface area contributed by atoms with Crippen LogP contribution in [0.15, 0.2) is 30.3 Å². The molecule has 2 rings (SSSR count). The molecular formula is C14H15NO4.